The van der Waals surface area contributed by atoms with Crippen LogP contribution in [0.5, 0.6) is 11.6 Å². The van der Waals surface area contributed by atoms with E-state index in [9.17, 15) is 4.39 Å². The molecule has 0 saturated heterocycles. The average molecular weight is 472 g/mol. The van der Waals surface area contributed by atoms with Gasteiger partial charge in [-0.2, -0.15) is 0 Å². The molecule has 0 aliphatic heterocycles. The van der Waals surface area contributed by atoms with E-state index in [0.717, 1.165) is 30.9 Å². The van der Waals surface area contributed by atoms with Crippen LogP contribution in [0.4, 0.5) is 4.39 Å². The minimum atomic E-state index is -0.342. The molecule has 0 saturated carbocycles. The molecule has 0 radical (unpaired) electrons. The summed E-state index contributed by atoms with van der Waals surface area (Å²) in [6.45, 7) is 3.62. The van der Waals surface area contributed by atoms with Crippen LogP contribution in [0.25, 0.3) is 0 Å². The zero-order valence-corrected chi connectivity index (χ0v) is 17.7. The minimum Gasteiger partial charge on any atom is -0.439 e. The van der Waals surface area contributed by atoms with Crippen molar-refractivity contribution in [3.63, 3.8) is 0 Å². The van der Waals surface area contributed by atoms with E-state index in [2.05, 4.69) is 27.1 Å². The van der Waals surface area contributed by atoms with E-state index in [-0.39, 0.29) is 29.8 Å². The first-order chi connectivity index (χ1) is 12.1. The van der Waals surface area contributed by atoms with Crippen LogP contribution in [-0.4, -0.2) is 36.5 Å². The van der Waals surface area contributed by atoms with Crippen LogP contribution in [0.1, 0.15) is 25.3 Å². The van der Waals surface area contributed by atoms with Crippen molar-refractivity contribution >= 4 is 29.9 Å². The van der Waals surface area contributed by atoms with E-state index in [4.69, 9.17) is 4.74 Å². The third kappa shape index (κ3) is 6.78. The molecule has 0 fully saturated rings. The molecule has 0 bridgehead atoms. The highest BCUT2D eigenvalue weighted by molar-refractivity contribution is 14.0. The number of aliphatic imine (C=N–C) groups is 1. The van der Waals surface area contributed by atoms with Crippen LogP contribution >= 0.6 is 24.0 Å². The number of benzene rings is 1. The number of ether oxygens (including phenoxy) is 1. The van der Waals surface area contributed by atoms with Crippen molar-refractivity contribution in [2.45, 2.75) is 26.3 Å². The zero-order chi connectivity index (χ0) is 18.1. The Hall–Kier alpha value is -1.90. The second-order valence-corrected chi connectivity index (χ2v) is 5.70. The van der Waals surface area contributed by atoms with Gasteiger partial charge in [0.25, 0.3) is 0 Å². The Labute approximate surface area is 171 Å². The second-order valence-electron chi connectivity index (χ2n) is 5.70. The molecule has 1 heterocycles. The molecular formula is C19H26FIN4O. The van der Waals surface area contributed by atoms with Gasteiger partial charge in [-0.3, -0.25) is 4.99 Å². The summed E-state index contributed by atoms with van der Waals surface area (Å²) >= 11 is 0. The SMILES string of the molecule is CCCCN(C)C(=NC)NCc1cccnc1Oc1cccc(F)c1.I. The van der Waals surface area contributed by atoms with Crippen LogP contribution in [0.15, 0.2) is 47.6 Å². The first kappa shape index (κ1) is 22.1. The standard InChI is InChI=1S/C19H25FN4O.HI/c1-4-5-12-24(3)19(21-2)23-14-15-8-7-11-22-18(15)25-17-10-6-9-16(20)13-17;/h6-11,13H,4-5,12,14H2,1-3H3,(H,21,23);1H. The lowest BCUT2D eigenvalue weighted by atomic mass is 10.2. The molecule has 0 spiro atoms. The Balaban J connectivity index is 0.00000338. The van der Waals surface area contributed by atoms with E-state index < -0.39 is 0 Å². The Morgan fingerprint density at radius 3 is 2.81 bits per heavy atom. The maximum atomic E-state index is 13.3. The first-order valence-electron chi connectivity index (χ1n) is 8.43. The first-order valence-corrected chi connectivity index (χ1v) is 8.43. The third-order valence-corrected chi connectivity index (χ3v) is 3.72. The van der Waals surface area contributed by atoms with E-state index in [0.29, 0.717) is 18.2 Å². The molecule has 2 aromatic rings. The van der Waals surface area contributed by atoms with Crippen LogP contribution in [0.2, 0.25) is 0 Å². The smallest absolute Gasteiger partial charge is 0.224 e. The Morgan fingerprint density at radius 1 is 1.31 bits per heavy atom. The average Bonchev–Trinajstić information content (AvgIpc) is 2.61. The summed E-state index contributed by atoms with van der Waals surface area (Å²) in [5.41, 5.74) is 0.872. The Morgan fingerprint density at radius 2 is 2.12 bits per heavy atom. The molecule has 26 heavy (non-hydrogen) atoms. The van der Waals surface area contributed by atoms with Crippen LogP contribution < -0.4 is 10.1 Å². The predicted molar refractivity (Wildman–Crippen MR) is 114 cm³/mol. The summed E-state index contributed by atoms with van der Waals surface area (Å²) in [7, 11) is 3.77. The number of hydrogen-bond acceptors (Lipinski definition) is 3. The summed E-state index contributed by atoms with van der Waals surface area (Å²) in [5, 5.41) is 3.31. The molecule has 1 aromatic heterocycles. The van der Waals surface area contributed by atoms with Crippen molar-refractivity contribution in [3.8, 4) is 11.6 Å². The second kappa shape index (κ2) is 11.7. The number of aromatic nitrogens is 1. The van der Waals surface area contributed by atoms with Gasteiger partial charge >= 0.3 is 0 Å². The predicted octanol–water partition coefficient (Wildman–Crippen LogP) is 4.44. The third-order valence-electron chi connectivity index (χ3n) is 3.72. The Bertz CT molecular complexity index is 711. The van der Waals surface area contributed by atoms with Gasteiger partial charge in [0.1, 0.15) is 11.6 Å². The maximum Gasteiger partial charge on any atom is 0.224 e. The fraction of sp³-hybridized carbons (Fsp3) is 0.368. The molecular weight excluding hydrogens is 446 g/mol. The molecule has 0 unspecified atom stereocenters. The molecule has 1 aromatic carbocycles. The highest BCUT2D eigenvalue weighted by Crippen LogP contribution is 2.23. The van der Waals surface area contributed by atoms with Crippen molar-refractivity contribution < 1.29 is 9.13 Å². The van der Waals surface area contributed by atoms with Crippen molar-refractivity contribution in [1.29, 1.82) is 0 Å². The van der Waals surface area contributed by atoms with E-state index in [1.54, 1.807) is 25.4 Å². The number of halogens is 2. The molecule has 0 atom stereocenters. The van der Waals surface area contributed by atoms with Gasteiger partial charge in [0.05, 0.1) is 0 Å². The van der Waals surface area contributed by atoms with Gasteiger partial charge in [-0.1, -0.05) is 25.5 Å². The molecule has 0 aliphatic rings. The topological polar surface area (TPSA) is 49.8 Å². The molecule has 2 rings (SSSR count). The van der Waals surface area contributed by atoms with E-state index >= 15 is 0 Å². The van der Waals surface area contributed by atoms with Crippen molar-refractivity contribution in [3.05, 3.63) is 54.0 Å². The van der Waals surface area contributed by atoms with Crippen LogP contribution in [-0.2, 0) is 6.54 Å². The van der Waals surface area contributed by atoms with E-state index in [1.807, 2.05) is 19.2 Å². The van der Waals surface area contributed by atoms with Gasteiger partial charge in [0, 0.05) is 45.0 Å². The Kier molecular flexibility index (Phi) is 9.93. The number of nitrogens with one attached hydrogen (secondary N) is 1. The zero-order valence-electron chi connectivity index (χ0n) is 15.4. The molecule has 142 valence electrons. The largest absolute Gasteiger partial charge is 0.439 e. The summed E-state index contributed by atoms with van der Waals surface area (Å²) in [4.78, 5) is 10.7. The number of hydrogen-bond donors (Lipinski definition) is 1. The highest BCUT2D eigenvalue weighted by atomic mass is 127. The minimum absolute atomic E-state index is 0. The van der Waals surface area contributed by atoms with Gasteiger partial charge < -0.3 is 15.0 Å². The highest BCUT2D eigenvalue weighted by Gasteiger charge is 2.10. The number of nitrogens with zero attached hydrogens (tertiary/aromatic N) is 3. The van der Waals surface area contributed by atoms with Gasteiger partial charge in [0.2, 0.25) is 5.88 Å². The number of guanidine groups is 1. The van der Waals surface area contributed by atoms with Crippen molar-refractivity contribution in [2.75, 3.05) is 20.6 Å². The van der Waals surface area contributed by atoms with Crippen molar-refractivity contribution in [1.82, 2.24) is 15.2 Å². The molecule has 7 heteroatoms. The van der Waals surface area contributed by atoms with Gasteiger partial charge in [-0.15, -0.1) is 24.0 Å². The van der Waals surface area contributed by atoms with Crippen LogP contribution in [0.3, 0.4) is 0 Å². The lowest BCUT2D eigenvalue weighted by Crippen LogP contribution is -2.39. The lowest BCUT2D eigenvalue weighted by molar-refractivity contribution is 0.446. The van der Waals surface area contributed by atoms with Gasteiger partial charge in [-0.25, -0.2) is 9.37 Å². The summed E-state index contributed by atoms with van der Waals surface area (Å²) in [6, 6.07) is 9.79. The van der Waals surface area contributed by atoms with Gasteiger partial charge in [-0.05, 0) is 24.6 Å². The monoisotopic (exact) mass is 472 g/mol. The maximum absolute atomic E-state index is 13.3. The van der Waals surface area contributed by atoms with Gasteiger partial charge in [0.15, 0.2) is 5.96 Å². The normalized spacial score (nSPS) is 10.8. The van der Waals surface area contributed by atoms with E-state index in [1.165, 1.54) is 12.1 Å². The molecule has 0 aliphatic carbocycles. The van der Waals surface area contributed by atoms with Crippen LogP contribution in [0, 0.1) is 5.82 Å². The fourth-order valence-corrected chi connectivity index (χ4v) is 2.35. The summed E-state index contributed by atoms with van der Waals surface area (Å²) in [6.07, 6.45) is 3.90. The molecule has 1 N–H and O–H groups in total. The molecule has 0 amide bonds. The molecule has 5 nitrogen and oxygen atoms in total. The number of unbranched alkanes of at least 4 members (excludes halogenated alkanes) is 1. The fourth-order valence-electron chi connectivity index (χ4n) is 2.35. The summed E-state index contributed by atoms with van der Waals surface area (Å²) < 4.78 is 19.1. The van der Waals surface area contributed by atoms with Crippen molar-refractivity contribution in [2.24, 2.45) is 4.99 Å². The number of pyridine rings is 1. The lowest BCUT2D eigenvalue weighted by Gasteiger charge is -2.22. The number of rotatable bonds is 7. The summed E-state index contributed by atoms with van der Waals surface area (Å²) in [5.74, 6) is 1.34. The quantitative estimate of drug-likeness (QED) is 0.368.